The molecule has 8 heteroatoms. The van der Waals surface area contributed by atoms with E-state index < -0.39 is 11.6 Å². The highest BCUT2D eigenvalue weighted by Crippen LogP contribution is 2.42. The second kappa shape index (κ2) is 11.9. The van der Waals surface area contributed by atoms with Gasteiger partial charge in [-0.05, 0) is 70.1 Å². The van der Waals surface area contributed by atoms with Crippen molar-refractivity contribution in [3.63, 3.8) is 0 Å². The highest BCUT2D eigenvalue weighted by Gasteiger charge is 2.53. The summed E-state index contributed by atoms with van der Waals surface area (Å²) in [4.78, 5) is 45.2. The van der Waals surface area contributed by atoms with E-state index in [1.165, 1.54) is 6.42 Å². The molecule has 8 nitrogen and oxygen atoms in total. The summed E-state index contributed by atoms with van der Waals surface area (Å²) in [5.74, 6) is -0.663. The minimum Gasteiger partial charge on any atom is -0.326 e. The number of piperidine rings is 1. The molecule has 0 unspecified atom stereocenters. The van der Waals surface area contributed by atoms with E-state index in [-0.39, 0.29) is 18.2 Å². The van der Waals surface area contributed by atoms with Crippen molar-refractivity contribution >= 4 is 34.9 Å². The zero-order valence-corrected chi connectivity index (χ0v) is 23.2. The van der Waals surface area contributed by atoms with Crippen LogP contribution in [0.3, 0.4) is 0 Å². The summed E-state index contributed by atoms with van der Waals surface area (Å²) in [5.41, 5.74) is 3.17. The predicted molar refractivity (Wildman–Crippen MR) is 159 cm³/mol. The number of benzene rings is 3. The van der Waals surface area contributed by atoms with E-state index in [1.54, 1.807) is 17.0 Å². The van der Waals surface area contributed by atoms with Crippen LogP contribution in [0.2, 0.25) is 0 Å². The molecule has 2 heterocycles. The molecule has 0 aliphatic carbocycles. The average molecular weight is 540 g/mol. The number of hydrogen-bond donors (Lipinski definition) is 3. The van der Waals surface area contributed by atoms with Crippen molar-refractivity contribution in [1.82, 2.24) is 10.2 Å². The zero-order chi connectivity index (χ0) is 28.1. The molecular formula is C32H37N5O3. The Kier molecular flexibility index (Phi) is 8.16. The molecule has 1 fully saturated rings. The molecule has 0 aromatic heterocycles. The predicted octanol–water partition coefficient (Wildman–Crippen LogP) is 5.18. The van der Waals surface area contributed by atoms with Crippen LogP contribution < -0.4 is 20.9 Å². The molecule has 2 aliphatic rings. The van der Waals surface area contributed by atoms with Gasteiger partial charge in [-0.2, -0.15) is 0 Å². The minimum absolute atomic E-state index is 0.238. The molecule has 0 spiro atoms. The first kappa shape index (κ1) is 27.4. The Morgan fingerprint density at radius 1 is 0.775 bits per heavy atom. The number of para-hydroxylation sites is 1. The normalized spacial score (nSPS) is 18.8. The van der Waals surface area contributed by atoms with Crippen LogP contribution in [0.25, 0.3) is 0 Å². The van der Waals surface area contributed by atoms with Gasteiger partial charge in [0.15, 0.2) is 5.54 Å². The van der Waals surface area contributed by atoms with Crippen molar-refractivity contribution in [2.24, 2.45) is 0 Å². The Morgan fingerprint density at radius 3 is 2.02 bits per heavy atom. The fraction of sp³-hybridized carbons (Fsp3) is 0.344. The number of likely N-dealkylation sites (tertiary alicyclic amines) is 1. The Balaban J connectivity index is 1.43. The summed E-state index contributed by atoms with van der Waals surface area (Å²) >= 11 is 0. The molecule has 3 N–H and O–H groups in total. The van der Waals surface area contributed by atoms with Crippen molar-refractivity contribution in [2.45, 2.75) is 45.1 Å². The number of carbonyl (C=O) groups excluding carboxylic acids is 3. The van der Waals surface area contributed by atoms with Gasteiger partial charge in [0.2, 0.25) is 5.91 Å². The molecule has 4 amide bonds. The van der Waals surface area contributed by atoms with Crippen molar-refractivity contribution < 1.29 is 14.4 Å². The number of urea groups is 1. The van der Waals surface area contributed by atoms with Crippen LogP contribution in [0, 0.1) is 13.8 Å². The summed E-state index contributed by atoms with van der Waals surface area (Å²) in [7, 11) is 0. The molecule has 2 aliphatic heterocycles. The molecule has 1 atom stereocenters. The van der Waals surface area contributed by atoms with Crippen LogP contribution in [-0.2, 0) is 15.1 Å². The maximum Gasteiger partial charge on any atom is 0.320 e. The molecule has 0 saturated carbocycles. The van der Waals surface area contributed by atoms with Crippen LogP contribution in [-0.4, -0.2) is 48.9 Å². The Labute approximate surface area is 235 Å². The summed E-state index contributed by atoms with van der Waals surface area (Å²) in [6.07, 6.45) is 3.32. The number of aryl methyl sites for hydroxylation is 2. The molecule has 3 aromatic rings. The molecule has 5 rings (SSSR count). The van der Waals surface area contributed by atoms with Crippen LogP contribution in [0.1, 0.15) is 42.4 Å². The molecule has 0 radical (unpaired) electrons. The van der Waals surface area contributed by atoms with Crippen LogP contribution in [0.4, 0.5) is 21.9 Å². The lowest BCUT2D eigenvalue weighted by Crippen LogP contribution is -2.56. The van der Waals surface area contributed by atoms with Gasteiger partial charge in [-0.15, -0.1) is 0 Å². The summed E-state index contributed by atoms with van der Waals surface area (Å²) in [6.45, 7) is 7.21. The number of nitrogens with zero attached hydrogens (tertiary/aromatic N) is 2. The molecule has 1 saturated heterocycles. The van der Waals surface area contributed by atoms with E-state index in [9.17, 15) is 14.4 Å². The lowest BCUT2D eigenvalue weighted by molar-refractivity contribution is -0.128. The first-order chi connectivity index (χ1) is 19.3. The zero-order valence-electron chi connectivity index (χ0n) is 23.2. The monoisotopic (exact) mass is 539 g/mol. The fourth-order valence-electron chi connectivity index (χ4n) is 5.58. The third kappa shape index (κ3) is 6.02. The van der Waals surface area contributed by atoms with Gasteiger partial charge in [0.25, 0.3) is 5.91 Å². The lowest BCUT2D eigenvalue weighted by atomic mass is 9.87. The summed E-state index contributed by atoms with van der Waals surface area (Å²) < 4.78 is 0. The van der Waals surface area contributed by atoms with E-state index in [1.807, 2.05) is 74.5 Å². The van der Waals surface area contributed by atoms with E-state index in [2.05, 4.69) is 20.9 Å². The molecule has 208 valence electrons. The number of rotatable bonds is 8. The minimum atomic E-state index is -1.55. The lowest BCUT2D eigenvalue weighted by Gasteiger charge is -2.31. The van der Waals surface area contributed by atoms with Gasteiger partial charge in [0.05, 0.1) is 6.42 Å². The van der Waals surface area contributed by atoms with E-state index in [0.29, 0.717) is 23.5 Å². The van der Waals surface area contributed by atoms with E-state index in [0.717, 1.165) is 49.3 Å². The van der Waals surface area contributed by atoms with Crippen LogP contribution >= 0.6 is 0 Å². The van der Waals surface area contributed by atoms with Crippen molar-refractivity contribution in [3.8, 4) is 0 Å². The van der Waals surface area contributed by atoms with Crippen molar-refractivity contribution in [2.75, 3.05) is 41.7 Å². The average Bonchev–Trinajstić information content (AvgIpc) is 3.17. The topological polar surface area (TPSA) is 93.8 Å². The van der Waals surface area contributed by atoms with E-state index in [4.69, 9.17) is 0 Å². The second-order valence-corrected chi connectivity index (χ2v) is 10.8. The highest BCUT2D eigenvalue weighted by atomic mass is 16.2. The number of carbonyl (C=O) groups is 3. The van der Waals surface area contributed by atoms with Gasteiger partial charge in [-0.3, -0.25) is 9.59 Å². The maximum atomic E-state index is 14.3. The first-order valence-electron chi connectivity index (χ1n) is 14.0. The standard InChI is InChI=1S/C32H37N5O3/c1-23-10-14-25(15-11-23)33-29(38)22-32(35-31(40)34-26-16-12-24(2)13-17-26)27-8-4-5-9-28(27)37(30(32)39)21-20-36-18-6-3-7-19-36/h4-5,8-17H,3,6-7,18-22H2,1-2H3,(H,33,38)(H2,34,35,40)/t32-/m0/s1. The highest BCUT2D eigenvalue weighted by molar-refractivity contribution is 6.12. The molecule has 3 aromatic carbocycles. The smallest absolute Gasteiger partial charge is 0.320 e. The van der Waals surface area contributed by atoms with Gasteiger partial charge < -0.3 is 25.8 Å². The number of amides is 4. The largest absolute Gasteiger partial charge is 0.326 e. The van der Waals surface area contributed by atoms with Gasteiger partial charge in [0.1, 0.15) is 0 Å². The number of anilines is 3. The van der Waals surface area contributed by atoms with Gasteiger partial charge in [-0.25, -0.2) is 4.79 Å². The summed E-state index contributed by atoms with van der Waals surface area (Å²) in [5, 5.41) is 8.69. The molecular weight excluding hydrogens is 502 g/mol. The Bertz CT molecular complexity index is 1300. The van der Waals surface area contributed by atoms with Gasteiger partial charge in [-0.1, -0.05) is 60.0 Å². The number of nitrogens with one attached hydrogen (secondary N) is 3. The van der Waals surface area contributed by atoms with Gasteiger partial charge >= 0.3 is 6.03 Å². The van der Waals surface area contributed by atoms with Crippen LogP contribution in [0.15, 0.2) is 72.8 Å². The fourth-order valence-corrected chi connectivity index (χ4v) is 5.58. The number of fused-ring (bicyclic) bond motifs is 1. The Morgan fingerprint density at radius 2 is 1.38 bits per heavy atom. The molecule has 0 bridgehead atoms. The van der Waals surface area contributed by atoms with Crippen molar-refractivity contribution in [1.29, 1.82) is 0 Å². The quantitative estimate of drug-likeness (QED) is 0.368. The maximum absolute atomic E-state index is 14.3. The van der Waals surface area contributed by atoms with Crippen LogP contribution in [0.5, 0.6) is 0 Å². The SMILES string of the molecule is Cc1ccc(NC(=O)C[C@@]2(NC(=O)Nc3ccc(C)cc3)C(=O)N(CCN3CCCCC3)c3ccccc32)cc1. The second-order valence-electron chi connectivity index (χ2n) is 10.8. The molecule has 40 heavy (non-hydrogen) atoms. The third-order valence-corrected chi connectivity index (χ3v) is 7.75. The summed E-state index contributed by atoms with van der Waals surface area (Å²) in [6, 6.07) is 21.8. The first-order valence-corrected chi connectivity index (χ1v) is 14.0. The van der Waals surface area contributed by atoms with E-state index >= 15 is 0 Å². The Hall–Kier alpha value is -4.17. The third-order valence-electron chi connectivity index (χ3n) is 7.75. The van der Waals surface area contributed by atoms with Gasteiger partial charge in [0, 0.05) is 35.7 Å². The number of hydrogen-bond acceptors (Lipinski definition) is 4. The van der Waals surface area contributed by atoms with Crippen molar-refractivity contribution in [3.05, 3.63) is 89.5 Å².